The fourth-order valence-electron chi connectivity index (χ4n) is 6.60. The quantitative estimate of drug-likeness (QED) is 0.720. The lowest BCUT2D eigenvalue weighted by molar-refractivity contribution is -0.326. The first-order valence-electron chi connectivity index (χ1n) is 9.40. The van der Waals surface area contributed by atoms with Gasteiger partial charge in [0, 0.05) is 0 Å². The molecule has 4 nitrogen and oxygen atoms in total. The summed E-state index contributed by atoms with van der Waals surface area (Å²) in [5.41, 5.74) is -0.646. The van der Waals surface area contributed by atoms with E-state index >= 15 is 0 Å². The van der Waals surface area contributed by atoms with Crippen LogP contribution in [0.2, 0.25) is 0 Å². The fourth-order valence-corrected chi connectivity index (χ4v) is 6.60. The van der Waals surface area contributed by atoms with Gasteiger partial charge in [-0.15, -0.1) is 0 Å². The molecule has 1 aliphatic heterocycles. The molecule has 0 aromatic carbocycles. The van der Waals surface area contributed by atoms with Crippen LogP contribution in [0.3, 0.4) is 0 Å². The van der Waals surface area contributed by atoms with Crippen molar-refractivity contribution in [3.05, 3.63) is 11.6 Å². The predicted molar refractivity (Wildman–Crippen MR) is 90.5 cm³/mol. The maximum atomic E-state index is 12.0. The molecular weight excluding hydrogens is 304 g/mol. The van der Waals surface area contributed by atoms with Gasteiger partial charge in [0.25, 0.3) is 0 Å². The van der Waals surface area contributed by atoms with Crippen LogP contribution >= 0.6 is 0 Å². The third-order valence-electron chi connectivity index (χ3n) is 8.18. The highest BCUT2D eigenvalue weighted by atomic mass is 16.6. The van der Waals surface area contributed by atoms with Gasteiger partial charge in [0.15, 0.2) is 0 Å². The number of rotatable bonds is 1. The van der Waals surface area contributed by atoms with Crippen molar-refractivity contribution in [2.24, 2.45) is 22.7 Å². The van der Waals surface area contributed by atoms with Crippen molar-refractivity contribution in [3.63, 3.8) is 0 Å². The summed E-state index contributed by atoms with van der Waals surface area (Å²) in [5.74, 6) is -0.0894. The van der Waals surface area contributed by atoms with Gasteiger partial charge in [0.1, 0.15) is 5.60 Å². The van der Waals surface area contributed by atoms with Gasteiger partial charge in [-0.05, 0) is 76.2 Å². The number of hydrogen-bond acceptors (Lipinski definition) is 3. The maximum absolute atomic E-state index is 12.0. The number of ether oxygens (including phenoxy) is 1. The summed E-state index contributed by atoms with van der Waals surface area (Å²) in [6.45, 7) is 8.16. The van der Waals surface area contributed by atoms with Crippen LogP contribution in [0.5, 0.6) is 0 Å². The Morgan fingerprint density at radius 2 is 1.96 bits per heavy atom. The molecule has 0 aromatic heterocycles. The first-order chi connectivity index (χ1) is 11.0. The van der Waals surface area contributed by atoms with E-state index in [4.69, 9.17) is 4.74 Å². The first kappa shape index (κ1) is 16.6. The van der Waals surface area contributed by atoms with Crippen molar-refractivity contribution >= 4 is 5.97 Å². The van der Waals surface area contributed by atoms with E-state index in [2.05, 4.69) is 13.0 Å². The van der Waals surface area contributed by atoms with E-state index in [1.54, 1.807) is 0 Å². The molecule has 0 aromatic rings. The largest absolute Gasteiger partial charge is 0.481 e. The van der Waals surface area contributed by atoms with E-state index < -0.39 is 22.6 Å². The monoisotopic (exact) mass is 334 g/mol. The van der Waals surface area contributed by atoms with Gasteiger partial charge < -0.3 is 14.9 Å². The molecule has 3 fully saturated rings. The van der Waals surface area contributed by atoms with E-state index in [0.717, 1.165) is 38.5 Å². The zero-order valence-corrected chi connectivity index (χ0v) is 15.3. The van der Waals surface area contributed by atoms with Crippen LogP contribution in [0.25, 0.3) is 0 Å². The second kappa shape index (κ2) is 4.64. The Kier molecular flexibility index (Phi) is 3.21. The summed E-state index contributed by atoms with van der Waals surface area (Å²) in [4.78, 5) is 12.0. The lowest BCUT2D eigenvalue weighted by Crippen LogP contribution is -2.73. The molecule has 6 atom stereocenters. The van der Waals surface area contributed by atoms with E-state index in [1.807, 2.05) is 20.8 Å². The highest BCUT2D eigenvalue weighted by molar-refractivity contribution is 5.75. The molecule has 2 N–H and O–H groups in total. The van der Waals surface area contributed by atoms with Crippen LogP contribution in [0.1, 0.15) is 66.2 Å². The Bertz CT molecular complexity index is 623. The van der Waals surface area contributed by atoms with Crippen molar-refractivity contribution in [1.29, 1.82) is 0 Å². The van der Waals surface area contributed by atoms with Gasteiger partial charge in [-0.1, -0.05) is 18.9 Å². The Labute approximate surface area is 144 Å². The molecule has 4 heteroatoms. The number of carbonyl (C=O) groups is 1. The Morgan fingerprint density at radius 3 is 2.58 bits per heavy atom. The molecule has 1 heterocycles. The summed E-state index contributed by atoms with van der Waals surface area (Å²) < 4.78 is 6.00. The molecule has 0 spiro atoms. The van der Waals surface area contributed by atoms with Gasteiger partial charge in [-0.2, -0.15) is 0 Å². The van der Waals surface area contributed by atoms with Crippen molar-refractivity contribution < 1.29 is 19.7 Å². The third-order valence-corrected chi connectivity index (χ3v) is 8.18. The van der Waals surface area contributed by atoms with Gasteiger partial charge in [0.2, 0.25) is 0 Å². The van der Waals surface area contributed by atoms with Crippen molar-refractivity contribution in [2.45, 2.75) is 83.5 Å². The Morgan fingerprint density at radius 1 is 1.25 bits per heavy atom. The number of fused-ring (bicyclic) bond motifs is 4. The van der Waals surface area contributed by atoms with E-state index in [0.29, 0.717) is 5.92 Å². The number of carboxylic acids is 1. The average molecular weight is 334 g/mol. The highest BCUT2D eigenvalue weighted by Gasteiger charge is 2.66. The van der Waals surface area contributed by atoms with Crippen LogP contribution in [-0.2, 0) is 9.53 Å². The topological polar surface area (TPSA) is 66.8 Å². The van der Waals surface area contributed by atoms with Gasteiger partial charge >= 0.3 is 5.97 Å². The molecule has 4 rings (SSSR count). The lowest BCUT2D eigenvalue weighted by atomic mass is 9.44. The molecule has 4 aliphatic rings. The summed E-state index contributed by atoms with van der Waals surface area (Å²) in [6, 6.07) is 0. The molecule has 0 amide bonds. The maximum Gasteiger partial charge on any atom is 0.309 e. The zero-order valence-electron chi connectivity index (χ0n) is 15.3. The lowest BCUT2D eigenvalue weighted by Gasteiger charge is -2.65. The van der Waals surface area contributed by atoms with Crippen LogP contribution in [-0.4, -0.2) is 33.5 Å². The second-order valence-electron chi connectivity index (χ2n) is 9.62. The summed E-state index contributed by atoms with van der Waals surface area (Å²) in [7, 11) is 0. The van der Waals surface area contributed by atoms with E-state index in [-0.39, 0.29) is 17.4 Å². The zero-order chi connectivity index (χ0) is 17.5. The van der Waals surface area contributed by atoms with Crippen molar-refractivity contribution in [2.75, 3.05) is 0 Å². The molecule has 2 saturated carbocycles. The molecule has 0 radical (unpaired) electrons. The minimum atomic E-state index is -0.854. The number of carboxylic acid groups (broad SMARTS) is 1. The van der Waals surface area contributed by atoms with Crippen LogP contribution < -0.4 is 0 Å². The smallest absolute Gasteiger partial charge is 0.309 e. The molecular formula is C20H30O4. The molecule has 0 bridgehead atoms. The minimum Gasteiger partial charge on any atom is -0.481 e. The van der Waals surface area contributed by atoms with Gasteiger partial charge in [-0.25, -0.2) is 0 Å². The molecule has 1 saturated heterocycles. The number of hydrogen-bond donors (Lipinski definition) is 2. The molecule has 0 unspecified atom stereocenters. The number of aliphatic carboxylic acids is 1. The van der Waals surface area contributed by atoms with Gasteiger partial charge in [-0.3, -0.25) is 4.79 Å². The van der Waals surface area contributed by atoms with Crippen molar-refractivity contribution in [1.82, 2.24) is 0 Å². The molecule has 24 heavy (non-hydrogen) atoms. The number of allylic oxidation sites excluding steroid dienone is 1. The van der Waals surface area contributed by atoms with E-state index in [1.165, 1.54) is 5.57 Å². The Hall–Kier alpha value is -0.870. The fraction of sp³-hybridized carbons (Fsp3) is 0.850. The molecule has 134 valence electrons. The standard InChI is InChI=1S/C20H30O4/c1-17(2)20(23)11-12-6-7-14-18(3,13(12)10-15(20)24-17)8-5-9-19(14,4)16(21)22/h11,13-15,23H,5-10H2,1-4H3,(H,21,22)/t13-,14+,15-,18+,19+,20-/m0/s1. The van der Waals surface area contributed by atoms with E-state index in [9.17, 15) is 15.0 Å². The van der Waals surface area contributed by atoms with Crippen molar-refractivity contribution in [3.8, 4) is 0 Å². The first-order valence-corrected chi connectivity index (χ1v) is 9.40. The second-order valence-corrected chi connectivity index (χ2v) is 9.62. The summed E-state index contributed by atoms with van der Waals surface area (Å²) in [5, 5.41) is 21.0. The SMILES string of the molecule is CC1(C)O[C@H]2C[C@H]3C(=C[C@]21O)CC[C@@H]1[C@]3(C)CCC[C@@]1(C)C(=O)O. The average Bonchev–Trinajstić information content (AvgIpc) is 2.48. The highest BCUT2D eigenvalue weighted by Crippen LogP contribution is 2.65. The summed E-state index contributed by atoms with van der Waals surface area (Å²) in [6.07, 6.45) is 7.44. The third kappa shape index (κ3) is 1.79. The van der Waals surface area contributed by atoms with Crippen LogP contribution in [0, 0.1) is 22.7 Å². The molecule has 3 aliphatic carbocycles. The normalized spacial score (nSPS) is 52.2. The number of aliphatic hydroxyl groups is 1. The van der Waals surface area contributed by atoms with Gasteiger partial charge in [0.05, 0.1) is 17.1 Å². The summed E-state index contributed by atoms with van der Waals surface area (Å²) >= 11 is 0. The van der Waals surface area contributed by atoms with Crippen LogP contribution in [0.4, 0.5) is 0 Å². The Balaban J connectivity index is 1.73. The minimum absolute atomic E-state index is 0.000103. The van der Waals surface area contributed by atoms with Crippen LogP contribution in [0.15, 0.2) is 11.6 Å². The predicted octanol–water partition coefficient (Wildman–Crippen LogP) is 3.53.